The van der Waals surface area contributed by atoms with E-state index in [0.29, 0.717) is 6.04 Å². The second-order valence-electron chi connectivity index (χ2n) is 5.14. The molecule has 0 bridgehead atoms. The van der Waals surface area contributed by atoms with Crippen LogP contribution in [0.4, 0.5) is 0 Å². The monoisotopic (exact) mass is 272 g/mol. The van der Waals surface area contributed by atoms with Crippen molar-refractivity contribution in [1.82, 2.24) is 10.2 Å². The highest BCUT2D eigenvalue weighted by Gasteiger charge is 2.22. The standard InChI is InChI=1S/C14H28N2O3/c1-4-8-15-13(14(17)18-3)5-9-16(2)12-6-10-19-11-7-12/h12-13,15H,4-11H2,1-3H3. The van der Waals surface area contributed by atoms with E-state index in [2.05, 4.69) is 24.2 Å². The largest absolute Gasteiger partial charge is 0.468 e. The van der Waals surface area contributed by atoms with Crippen molar-refractivity contribution in [2.24, 2.45) is 0 Å². The maximum Gasteiger partial charge on any atom is 0.322 e. The van der Waals surface area contributed by atoms with E-state index >= 15 is 0 Å². The highest BCUT2D eigenvalue weighted by atomic mass is 16.5. The Bertz CT molecular complexity index is 255. The third kappa shape index (κ3) is 5.89. The molecule has 0 aromatic carbocycles. The van der Waals surface area contributed by atoms with Gasteiger partial charge in [-0.25, -0.2) is 0 Å². The van der Waals surface area contributed by atoms with Gasteiger partial charge in [0, 0.05) is 25.8 Å². The number of hydrogen-bond acceptors (Lipinski definition) is 5. The van der Waals surface area contributed by atoms with E-state index in [0.717, 1.165) is 52.0 Å². The third-order valence-electron chi connectivity index (χ3n) is 3.71. The molecule has 0 radical (unpaired) electrons. The van der Waals surface area contributed by atoms with E-state index in [1.54, 1.807) is 0 Å². The highest BCUT2D eigenvalue weighted by molar-refractivity contribution is 5.75. The molecule has 5 nitrogen and oxygen atoms in total. The van der Waals surface area contributed by atoms with Crippen molar-refractivity contribution >= 4 is 5.97 Å². The van der Waals surface area contributed by atoms with Gasteiger partial charge in [-0.15, -0.1) is 0 Å². The summed E-state index contributed by atoms with van der Waals surface area (Å²) < 4.78 is 10.2. The molecule has 1 aliphatic rings. The van der Waals surface area contributed by atoms with Gasteiger partial charge < -0.3 is 19.7 Å². The molecule has 0 aliphatic carbocycles. The topological polar surface area (TPSA) is 50.8 Å². The number of hydrogen-bond donors (Lipinski definition) is 1. The molecule has 0 spiro atoms. The van der Waals surface area contributed by atoms with Crippen molar-refractivity contribution in [3.05, 3.63) is 0 Å². The molecule has 1 aliphatic heterocycles. The first-order chi connectivity index (χ1) is 9.19. The summed E-state index contributed by atoms with van der Waals surface area (Å²) in [5, 5.41) is 3.25. The van der Waals surface area contributed by atoms with Gasteiger partial charge in [-0.05, 0) is 39.3 Å². The number of esters is 1. The predicted molar refractivity (Wildman–Crippen MR) is 75.2 cm³/mol. The Morgan fingerprint density at radius 3 is 2.74 bits per heavy atom. The number of carbonyl (C=O) groups excluding carboxylic acids is 1. The van der Waals surface area contributed by atoms with E-state index in [4.69, 9.17) is 9.47 Å². The Morgan fingerprint density at radius 1 is 1.47 bits per heavy atom. The van der Waals surface area contributed by atoms with Crippen LogP contribution in [0.3, 0.4) is 0 Å². The predicted octanol–water partition coefficient (Wildman–Crippen LogP) is 1.03. The summed E-state index contributed by atoms with van der Waals surface area (Å²) in [6.45, 7) is 5.55. The summed E-state index contributed by atoms with van der Waals surface area (Å²) in [6.07, 6.45) is 3.98. The normalized spacial score (nSPS) is 18.5. The fraction of sp³-hybridized carbons (Fsp3) is 0.929. The van der Waals surface area contributed by atoms with Crippen LogP contribution in [0.2, 0.25) is 0 Å². The summed E-state index contributed by atoms with van der Waals surface area (Å²) >= 11 is 0. The Kier molecular flexibility index (Phi) is 8.02. The second-order valence-corrected chi connectivity index (χ2v) is 5.14. The van der Waals surface area contributed by atoms with E-state index in [-0.39, 0.29) is 12.0 Å². The van der Waals surface area contributed by atoms with Gasteiger partial charge in [-0.3, -0.25) is 4.79 Å². The quantitative estimate of drug-likeness (QED) is 0.669. The molecule has 1 heterocycles. The Morgan fingerprint density at radius 2 is 2.16 bits per heavy atom. The number of carbonyl (C=O) groups is 1. The number of nitrogens with one attached hydrogen (secondary N) is 1. The lowest BCUT2D eigenvalue weighted by molar-refractivity contribution is -0.143. The zero-order valence-corrected chi connectivity index (χ0v) is 12.5. The van der Waals surface area contributed by atoms with Gasteiger partial charge in [-0.2, -0.15) is 0 Å². The molecule has 112 valence electrons. The Labute approximate surface area is 116 Å². The molecular weight excluding hydrogens is 244 g/mol. The van der Waals surface area contributed by atoms with Crippen molar-refractivity contribution < 1.29 is 14.3 Å². The first kappa shape index (κ1) is 16.4. The summed E-state index contributed by atoms with van der Waals surface area (Å²) in [7, 11) is 3.58. The molecule has 5 heteroatoms. The van der Waals surface area contributed by atoms with Crippen molar-refractivity contribution in [1.29, 1.82) is 0 Å². The molecule has 1 atom stereocenters. The minimum Gasteiger partial charge on any atom is -0.468 e. The summed E-state index contributed by atoms with van der Waals surface area (Å²) in [6, 6.07) is 0.394. The third-order valence-corrected chi connectivity index (χ3v) is 3.71. The number of methoxy groups -OCH3 is 1. The average Bonchev–Trinajstić information content (AvgIpc) is 2.47. The first-order valence-electron chi connectivity index (χ1n) is 7.28. The molecule has 0 aromatic rings. The lowest BCUT2D eigenvalue weighted by atomic mass is 10.1. The molecule has 1 fully saturated rings. The maximum absolute atomic E-state index is 11.7. The van der Waals surface area contributed by atoms with Crippen LogP contribution < -0.4 is 5.32 Å². The lowest BCUT2D eigenvalue weighted by Crippen LogP contribution is -2.43. The fourth-order valence-corrected chi connectivity index (χ4v) is 2.41. The molecule has 1 N–H and O–H groups in total. The van der Waals surface area contributed by atoms with Crippen LogP contribution in [-0.4, -0.2) is 63.4 Å². The number of nitrogens with zero attached hydrogens (tertiary/aromatic N) is 1. The SMILES string of the molecule is CCCNC(CCN(C)C1CCOCC1)C(=O)OC. The van der Waals surface area contributed by atoms with Crippen molar-refractivity contribution in [3.8, 4) is 0 Å². The van der Waals surface area contributed by atoms with Gasteiger partial charge in [-0.1, -0.05) is 6.92 Å². The lowest BCUT2D eigenvalue weighted by Gasteiger charge is -2.32. The van der Waals surface area contributed by atoms with E-state index < -0.39 is 0 Å². The van der Waals surface area contributed by atoms with Gasteiger partial charge in [0.15, 0.2) is 0 Å². The van der Waals surface area contributed by atoms with Crippen LogP contribution in [0, 0.1) is 0 Å². The summed E-state index contributed by atoms with van der Waals surface area (Å²) in [5.41, 5.74) is 0. The van der Waals surface area contributed by atoms with E-state index in [1.807, 2.05) is 0 Å². The van der Waals surface area contributed by atoms with Crippen LogP contribution >= 0.6 is 0 Å². The van der Waals surface area contributed by atoms with E-state index in [9.17, 15) is 4.79 Å². The molecule has 19 heavy (non-hydrogen) atoms. The summed E-state index contributed by atoms with van der Waals surface area (Å²) in [4.78, 5) is 14.0. The number of ether oxygens (including phenoxy) is 2. The van der Waals surface area contributed by atoms with Gasteiger partial charge >= 0.3 is 5.97 Å². The molecule has 1 unspecified atom stereocenters. The molecule has 1 saturated heterocycles. The van der Waals surface area contributed by atoms with Crippen LogP contribution in [0.5, 0.6) is 0 Å². The molecule has 0 amide bonds. The van der Waals surface area contributed by atoms with Gasteiger partial charge in [0.05, 0.1) is 7.11 Å². The fourth-order valence-electron chi connectivity index (χ4n) is 2.41. The van der Waals surface area contributed by atoms with Crippen LogP contribution in [0.25, 0.3) is 0 Å². The van der Waals surface area contributed by atoms with Gasteiger partial charge in [0.1, 0.15) is 6.04 Å². The Balaban J connectivity index is 2.34. The molecule has 0 aromatic heterocycles. The van der Waals surface area contributed by atoms with Crippen molar-refractivity contribution in [2.75, 3.05) is 40.5 Å². The zero-order chi connectivity index (χ0) is 14.1. The average molecular weight is 272 g/mol. The number of rotatable bonds is 8. The first-order valence-corrected chi connectivity index (χ1v) is 7.28. The zero-order valence-electron chi connectivity index (χ0n) is 12.5. The van der Waals surface area contributed by atoms with Crippen LogP contribution in [0.15, 0.2) is 0 Å². The Hall–Kier alpha value is -0.650. The van der Waals surface area contributed by atoms with Crippen molar-refractivity contribution in [3.63, 3.8) is 0 Å². The van der Waals surface area contributed by atoms with Crippen molar-refractivity contribution in [2.45, 2.75) is 44.7 Å². The van der Waals surface area contributed by atoms with Crippen LogP contribution in [-0.2, 0) is 14.3 Å². The van der Waals surface area contributed by atoms with E-state index in [1.165, 1.54) is 7.11 Å². The van der Waals surface area contributed by atoms with Gasteiger partial charge in [0.25, 0.3) is 0 Å². The molecule has 1 rings (SSSR count). The summed E-state index contributed by atoms with van der Waals surface area (Å²) in [5.74, 6) is -0.158. The van der Waals surface area contributed by atoms with Crippen LogP contribution in [0.1, 0.15) is 32.6 Å². The molecular formula is C14H28N2O3. The molecule has 0 saturated carbocycles. The smallest absolute Gasteiger partial charge is 0.322 e. The second kappa shape index (κ2) is 9.28. The highest BCUT2D eigenvalue weighted by Crippen LogP contribution is 2.13. The minimum absolute atomic E-state index is 0.158. The minimum atomic E-state index is -0.188. The maximum atomic E-state index is 11.7. The van der Waals surface area contributed by atoms with Gasteiger partial charge in [0.2, 0.25) is 0 Å².